The Morgan fingerprint density at radius 2 is 1.79 bits per heavy atom. The van der Waals surface area contributed by atoms with Crippen molar-refractivity contribution in [1.82, 2.24) is 4.90 Å². The number of carbonyl (C=O) groups excluding carboxylic acids is 2. The lowest BCUT2D eigenvalue weighted by Crippen LogP contribution is -2.27. The van der Waals surface area contributed by atoms with Crippen LogP contribution in [-0.4, -0.2) is 16.0 Å². The van der Waals surface area contributed by atoms with E-state index in [9.17, 15) is 14.0 Å². The summed E-state index contributed by atoms with van der Waals surface area (Å²) in [5.74, 6) is 0.240. The molecule has 1 aromatic heterocycles. The molecule has 7 heteroatoms. The van der Waals surface area contributed by atoms with Gasteiger partial charge in [-0.1, -0.05) is 35.9 Å². The monoisotopic (exact) mass is 413 g/mol. The lowest BCUT2D eigenvalue weighted by atomic mass is 10.2. The highest BCUT2D eigenvalue weighted by Gasteiger charge is 2.35. The Bertz CT molecular complexity index is 1090. The lowest BCUT2D eigenvalue weighted by Gasteiger charge is -2.12. The number of hydrogen-bond acceptors (Lipinski definition) is 4. The zero-order valence-corrected chi connectivity index (χ0v) is 16.0. The van der Waals surface area contributed by atoms with Crippen LogP contribution in [0.15, 0.2) is 70.0 Å². The quantitative estimate of drug-likeness (QED) is 0.494. The molecule has 2 aromatic carbocycles. The van der Waals surface area contributed by atoms with E-state index in [0.29, 0.717) is 22.1 Å². The summed E-state index contributed by atoms with van der Waals surface area (Å²) < 4.78 is 18.8. The van der Waals surface area contributed by atoms with Crippen molar-refractivity contribution in [2.45, 2.75) is 6.54 Å². The molecule has 0 N–H and O–H groups in total. The van der Waals surface area contributed by atoms with Crippen molar-refractivity contribution in [2.75, 3.05) is 0 Å². The van der Waals surface area contributed by atoms with Crippen LogP contribution < -0.4 is 0 Å². The molecule has 4 nitrogen and oxygen atoms in total. The summed E-state index contributed by atoms with van der Waals surface area (Å²) in [5, 5.41) is 0.182. The standard InChI is InChI=1S/C21H13ClFNO3S/c22-17-4-2-1-3-16(17)18-10-9-15(27-18)11-19-20(25)24(21(26)28-19)12-13-5-7-14(23)8-6-13/h1-11H,12H2/b19-11-. The van der Waals surface area contributed by atoms with E-state index in [0.717, 1.165) is 22.2 Å². The summed E-state index contributed by atoms with van der Waals surface area (Å²) >= 11 is 7.02. The predicted molar refractivity (Wildman–Crippen MR) is 107 cm³/mol. The van der Waals surface area contributed by atoms with Gasteiger partial charge in [-0.15, -0.1) is 0 Å². The van der Waals surface area contributed by atoms with Crippen LogP contribution in [0.1, 0.15) is 11.3 Å². The average Bonchev–Trinajstić information content (AvgIpc) is 3.24. The van der Waals surface area contributed by atoms with E-state index in [1.54, 1.807) is 30.3 Å². The molecule has 1 aliphatic heterocycles. The van der Waals surface area contributed by atoms with Gasteiger partial charge in [0.25, 0.3) is 11.1 Å². The molecule has 0 saturated carbocycles. The fourth-order valence-electron chi connectivity index (χ4n) is 2.77. The first kappa shape index (κ1) is 18.5. The van der Waals surface area contributed by atoms with Crippen LogP contribution in [0.25, 0.3) is 17.4 Å². The number of hydrogen-bond donors (Lipinski definition) is 0. The maximum Gasteiger partial charge on any atom is 0.293 e. The Morgan fingerprint density at radius 3 is 2.54 bits per heavy atom. The maximum atomic E-state index is 13.0. The summed E-state index contributed by atoms with van der Waals surface area (Å²) in [5.41, 5.74) is 1.41. The Kier molecular flexibility index (Phi) is 5.07. The summed E-state index contributed by atoms with van der Waals surface area (Å²) in [6.45, 7) is 0.0886. The van der Waals surface area contributed by atoms with Gasteiger partial charge in [-0.2, -0.15) is 0 Å². The number of benzene rings is 2. The topological polar surface area (TPSA) is 50.5 Å². The molecule has 28 heavy (non-hydrogen) atoms. The number of halogens is 2. The molecule has 0 atom stereocenters. The number of furan rings is 1. The van der Waals surface area contributed by atoms with Gasteiger partial charge in [0, 0.05) is 11.6 Å². The smallest absolute Gasteiger partial charge is 0.293 e. The van der Waals surface area contributed by atoms with E-state index in [1.807, 2.05) is 18.2 Å². The van der Waals surface area contributed by atoms with Gasteiger partial charge in [0.05, 0.1) is 16.5 Å². The van der Waals surface area contributed by atoms with E-state index < -0.39 is 5.91 Å². The summed E-state index contributed by atoms with van der Waals surface area (Å²) in [6.07, 6.45) is 1.54. The Morgan fingerprint density at radius 1 is 1.04 bits per heavy atom. The van der Waals surface area contributed by atoms with Crippen molar-refractivity contribution in [3.05, 3.63) is 87.7 Å². The van der Waals surface area contributed by atoms with Crippen molar-refractivity contribution >= 4 is 40.6 Å². The van der Waals surface area contributed by atoms with Gasteiger partial charge in [-0.3, -0.25) is 14.5 Å². The molecule has 1 aliphatic rings. The molecular formula is C21H13ClFNO3S. The van der Waals surface area contributed by atoms with Crippen LogP contribution in [0.2, 0.25) is 5.02 Å². The maximum absolute atomic E-state index is 13.0. The second kappa shape index (κ2) is 7.66. The molecule has 3 aromatic rings. The Labute approximate surface area is 169 Å². The highest BCUT2D eigenvalue weighted by Crippen LogP contribution is 2.35. The third kappa shape index (κ3) is 3.74. The van der Waals surface area contributed by atoms with E-state index in [4.69, 9.17) is 16.0 Å². The lowest BCUT2D eigenvalue weighted by molar-refractivity contribution is -0.123. The number of rotatable bonds is 4. The van der Waals surface area contributed by atoms with Crippen molar-refractivity contribution < 1.29 is 18.4 Å². The molecular weight excluding hydrogens is 401 g/mol. The molecule has 2 heterocycles. The molecule has 4 rings (SSSR count). The molecule has 1 saturated heterocycles. The first-order valence-corrected chi connectivity index (χ1v) is 9.55. The largest absolute Gasteiger partial charge is 0.457 e. The van der Waals surface area contributed by atoms with Gasteiger partial charge >= 0.3 is 0 Å². The number of amides is 2. The predicted octanol–water partition coefficient (Wildman–Crippen LogP) is 5.98. The van der Waals surface area contributed by atoms with E-state index in [1.165, 1.54) is 18.2 Å². The molecule has 0 spiro atoms. The van der Waals surface area contributed by atoms with Crippen molar-refractivity contribution in [3.63, 3.8) is 0 Å². The van der Waals surface area contributed by atoms with Gasteiger partial charge in [-0.25, -0.2) is 4.39 Å². The van der Waals surface area contributed by atoms with Gasteiger partial charge in [0.2, 0.25) is 0 Å². The zero-order chi connectivity index (χ0) is 19.7. The van der Waals surface area contributed by atoms with Crippen LogP contribution >= 0.6 is 23.4 Å². The third-order valence-corrected chi connectivity index (χ3v) is 5.40. The molecule has 0 aliphatic carbocycles. The second-order valence-corrected chi connectivity index (χ2v) is 7.48. The number of nitrogens with zero attached hydrogens (tertiary/aromatic N) is 1. The number of imide groups is 1. The van der Waals surface area contributed by atoms with E-state index in [2.05, 4.69) is 0 Å². The fraction of sp³-hybridized carbons (Fsp3) is 0.0476. The summed E-state index contributed by atoms with van der Waals surface area (Å²) in [7, 11) is 0. The minimum atomic E-state index is -0.407. The number of carbonyl (C=O) groups is 2. The van der Waals surface area contributed by atoms with Gasteiger partial charge < -0.3 is 4.42 Å². The molecule has 140 valence electrons. The van der Waals surface area contributed by atoms with Gasteiger partial charge in [0.15, 0.2) is 0 Å². The van der Waals surface area contributed by atoms with Crippen LogP contribution in [0.4, 0.5) is 9.18 Å². The van der Waals surface area contributed by atoms with Gasteiger partial charge in [-0.05, 0) is 53.7 Å². The molecule has 0 bridgehead atoms. The second-order valence-electron chi connectivity index (χ2n) is 6.08. The fourth-order valence-corrected chi connectivity index (χ4v) is 3.82. The summed E-state index contributed by atoms with van der Waals surface area (Å²) in [6, 6.07) is 16.4. The van der Waals surface area contributed by atoms with Crippen molar-refractivity contribution in [3.8, 4) is 11.3 Å². The zero-order valence-electron chi connectivity index (χ0n) is 14.4. The normalized spacial score (nSPS) is 15.6. The van der Waals surface area contributed by atoms with Crippen molar-refractivity contribution in [2.24, 2.45) is 0 Å². The highest BCUT2D eigenvalue weighted by atomic mass is 35.5. The van der Waals surface area contributed by atoms with Crippen LogP contribution in [0.5, 0.6) is 0 Å². The minimum absolute atomic E-state index is 0.0886. The van der Waals surface area contributed by atoms with Crippen LogP contribution in [0.3, 0.4) is 0 Å². The molecule has 1 fully saturated rings. The third-order valence-electron chi connectivity index (χ3n) is 4.17. The first-order chi connectivity index (χ1) is 13.5. The van der Waals surface area contributed by atoms with Crippen LogP contribution in [0, 0.1) is 5.82 Å². The molecule has 2 amide bonds. The average molecular weight is 414 g/mol. The first-order valence-electron chi connectivity index (χ1n) is 8.36. The SMILES string of the molecule is O=C1S/C(=C\c2ccc(-c3ccccc3Cl)o2)C(=O)N1Cc1ccc(F)cc1. The van der Waals surface area contributed by atoms with E-state index >= 15 is 0 Å². The highest BCUT2D eigenvalue weighted by molar-refractivity contribution is 8.18. The van der Waals surface area contributed by atoms with Crippen molar-refractivity contribution in [1.29, 1.82) is 0 Å². The van der Waals surface area contributed by atoms with Gasteiger partial charge in [0.1, 0.15) is 17.3 Å². The van der Waals surface area contributed by atoms with Crippen LogP contribution in [-0.2, 0) is 11.3 Å². The molecule has 0 radical (unpaired) electrons. The Hall–Kier alpha value is -2.83. The molecule has 0 unspecified atom stereocenters. The number of thioether (sulfide) groups is 1. The minimum Gasteiger partial charge on any atom is -0.457 e. The van der Waals surface area contributed by atoms with E-state index in [-0.39, 0.29) is 22.5 Å². The Balaban J connectivity index is 1.54. The summed E-state index contributed by atoms with van der Waals surface area (Å²) in [4.78, 5) is 26.2.